The van der Waals surface area contributed by atoms with Crippen molar-refractivity contribution in [1.29, 1.82) is 0 Å². The summed E-state index contributed by atoms with van der Waals surface area (Å²) >= 11 is 0. The van der Waals surface area contributed by atoms with Gasteiger partial charge in [0.2, 0.25) is 0 Å². The van der Waals surface area contributed by atoms with Crippen LogP contribution >= 0.6 is 0 Å². The Morgan fingerprint density at radius 3 is 2.90 bits per heavy atom. The number of para-hydroxylation sites is 1. The van der Waals surface area contributed by atoms with Gasteiger partial charge >= 0.3 is 0 Å². The number of nitrogens with one attached hydrogen (secondary N) is 1. The smallest absolute Gasteiger partial charge is 0.265 e. The zero-order valence-electron chi connectivity index (χ0n) is 11.5. The molecule has 2 aromatic rings. The van der Waals surface area contributed by atoms with Gasteiger partial charge in [-0.3, -0.25) is 4.79 Å². The molecule has 0 radical (unpaired) electrons. The number of carbonyl (C=O) groups is 1. The molecule has 0 spiro atoms. The van der Waals surface area contributed by atoms with Gasteiger partial charge < -0.3 is 14.8 Å². The van der Waals surface area contributed by atoms with Crippen LogP contribution in [0.5, 0.6) is 11.5 Å². The Morgan fingerprint density at radius 2 is 2.00 bits per heavy atom. The Labute approximate surface area is 122 Å². The lowest BCUT2D eigenvalue weighted by Crippen LogP contribution is -2.31. The molecule has 4 rings (SSSR count). The van der Waals surface area contributed by atoms with Crippen molar-refractivity contribution in [2.24, 2.45) is 0 Å². The Hall–Kier alpha value is -2.49. The van der Waals surface area contributed by atoms with E-state index in [1.807, 2.05) is 42.5 Å². The van der Waals surface area contributed by atoms with E-state index >= 15 is 0 Å². The second kappa shape index (κ2) is 4.81. The number of amides is 1. The molecule has 2 heterocycles. The summed E-state index contributed by atoms with van der Waals surface area (Å²) in [7, 11) is 0. The molecule has 1 atom stereocenters. The summed E-state index contributed by atoms with van der Waals surface area (Å²) in [6.07, 6.45) is 1.06. The van der Waals surface area contributed by atoms with Crippen molar-refractivity contribution in [2.75, 3.05) is 11.9 Å². The van der Waals surface area contributed by atoms with Crippen molar-refractivity contribution in [3.05, 3.63) is 53.6 Å². The van der Waals surface area contributed by atoms with Crippen LogP contribution in [-0.4, -0.2) is 18.6 Å². The molecule has 2 aromatic carbocycles. The van der Waals surface area contributed by atoms with Gasteiger partial charge in [0.05, 0.1) is 6.61 Å². The zero-order chi connectivity index (χ0) is 14.2. The van der Waals surface area contributed by atoms with E-state index < -0.39 is 6.10 Å². The third kappa shape index (κ3) is 2.23. The van der Waals surface area contributed by atoms with Gasteiger partial charge in [0.1, 0.15) is 11.5 Å². The highest BCUT2D eigenvalue weighted by atomic mass is 16.5. The summed E-state index contributed by atoms with van der Waals surface area (Å²) in [4.78, 5) is 12.3. The van der Waals surface area contributed by atoms with Crippen LogP contribution in [0.15, 0.2) is 42.5 Å². The van der Waals surface area contributed by atoms with Gasteiger partial charge in [0.25, 0.3) is 5.91 Å². The monoisotopic (exact) mass is 281 g/mol. The number of fused-ring (bicyclic) bond motifs is 2. The summed E-state index contributed by atoms with van der Waals surface area (Å²) in [5.41, 5.74) is 3.02. The highest BCUT2D eigenvalue weighted by molar-refractivity contribution is 5.95. The topological polar surface area (TPSA) is 47.6 Å². The van der Waals surface area contributed by atoms with Gasteiger partial charge in [-0.25, -0.2) is 0 Å². The second-order valence-electron chi connectivity index (χ2n) is 5.33. The molecular weight excluding hydrogens is 266 g/mol. The minimum Gasteiger partial charge on any atom is -0.493 e. The van der Waals surface area contributed by atoms with Crippen molar-refractivity contribution >= 4 is 11.6 Å². The van der Waals surface area contributed by atoms with E-state index in [0.29, 0.717) is 13.0 Å². The average Bonchev–Trinajstić information content (AvgIpc) is 3.13. The van der Waals surface area contributed by atoms with Crippen LogP contribution in [0.3, 0.4) is 0 Å². The number of benzene rings is 2. The third-order valence-electron chi connectivity index (χ3n) is 3.90. The van der Waals surface area contributed by atoms with Gasteiger partial charge in [-0.05, 0) is 35.4 Å². The van der Waals surface area contributed by atoms with E-state index in [4.69, 9.17) is 9.47 Å². The van der Waals surface area contributed by atoms with Crippen LogP contribution in [0.2, 0.25) is 0 Å². The SMILES string of the molecule is O=C(Nc1ccc2c(c1)CCO2)C1Cc2ccccc2O1. The van der Waals surface area contributed by atoms with E-state index in [1.165, 1.54) is 0 Å². The molecule has 0 saturated carbocycles. The number of anilines is 1. The molecule has 106 valence electrons. The number of hydrogen-bond acceptors (Lipinski definition) is 3. The zero-order valence-corrected chi connectivity index (χ0v) is 11.5. The number of rotatable bonds is 2. The molecule has 0 fully saturated rings. The molecule has 0 aliphatic carbocycles. The molecular formula is C17H15NO3. The summed E-state index contributed by atoms with van der Waals surface area (Å²) in [5, 5.41) is 2.93. The third-order valence-corrected chi connectivity index (χ3v) is 3.90. The van der Waals surface area contributed by atoms with Crippen molar-refractivity contribution < 1.29 is 14.3 Å². The van der Waals surface area contributed by atoms with Crippen molar-refractivity contribution in [1.82, 2.24) is 0 Å². The molecule has 0 aromatic heterocycles. The first-order chi connectivity index (χ1) is 10.3. The fourth-order valence-corrected chi connectivity index (χ4v) is 2.82. The molecule has 21 heavy (non-hydrogen) atoms. The summed E-state index contributed by atoms with van der Waals surface area (Å²) in [6.45, 7) is 0.716. The molecule has 4 nitrogen and oxygen atoms in total. The largest absolute Gasteiger partial charge is 0.493 e. The van der Waals surface area contributed by atoms with Crippen LogP contribution < -0.4 is 14.8 Å². The van der Waals surface area contributed by atoms with Gasteiger partial charge in [-0.15, -0.1) is 0 Å². The number of hydrogen-bond donors (Lipinski definition) is 1. The first-order valence-corrected chi connectivity index (χ1v) is 7.11. The van der Waals surface area contributed by atoms with E-state index in [0.717, 1.165) is 34.7 Å². The lowest BCUT2D eigenvalue weighted by Gasteiger charge is -2.12. The van der Waals surface area contributed by atoms with Crippen LogP contribution in [0.25, 0.3) is 0 Å². The van der Waals surface area contributed by atoms with E-state index in [-0.39, 0.29) is 5.91 Å². The first-order valence-electron chi connectivity index (χ1n) is 7.11. The highest BCUT2D eigenvalue weighted by Crippen LogP contribution is 2.30. The standard InChI is InChI=1S/C17H15NO3/c19-17(16-10-11-3-1-2-4-15(11)21-16)18-13-5-6-14-12(9-13)7-8-20-14/h1-6,9,16H,7-8,10H2,(H,18,19). The normalized spacial score (nSPS) is 18.4. The van der Waals surface area contributed by atoms with Crippen LogP contribution in [0.4, 0.5) is 5.69 Å². The van der Waals surface area contributed by atoms with Gasteiger partial charge in [0, 0.05) is 18.5 Å². The minimum absolute atomic E-state index is 0.106. The van der Waals surface area contributed by atoms with Crippen LogP contribution in [0.1, 0.15) is 11.1 Å². The maximum Gasteiger partial charge on any atom is 0.265 e. The molecule has 1 N–H and O–H groups in total. The predicted molar refractivity (Wildman–Crippen MR) is 78.8 cm³/mol. The molecule has 0 saturated heterocycles. The summed E-state index contributed by atoms with van der Waals surface area (Å²) in [5.74, 6) is 1.61. The molecule has 0 bridgehead atoms. The van der Waals surface area contributed by atoms with Crippen LogP contribution in [0, 0.1) is 0 Å². The Balaban J connectivity index is 1.47. The quantitative estimate of drug-likeness (QED) is 0.920. The Bertz CT molecular complexity index is 686. The van der Waals surface area contributed by atoms with E-state index in [1.54, 1.807) is 0 Å². The lowest BCUT2D eigenvalue weighted by atomic mass is 10.1. The lowest BCUT2D eigenvalue weighted by molar-refractivity contribution is -0.122. The predicted octanol–water partition coefficient (Wildman–Crippen LogP) is 2.56. The summed E-state index contributed by atoms with van der Waals surface area (Å²) < 4.78 is 11.2. The Morgan fingerprint density at radius 1 is 1.10 bits per heavy atom. The minimum atomic E-state index is -0.452. The summed E-state index contributed by atoms with van der Waals surface area (Å²) in [6, 6.07) is 13.5. The van der Waals surface area contributed by atoms with E-state index in [9.17, 15) is 4.79 Å². The first kappa shape index (κ1) is 12.3. The van der Waals surface area contributed by atoms with Gasteiger partial charge in [0.15, 0.2) is 6.10 Å². The van der Waals surface area contributed by atoms with Crippen molar-refractivity contribution in [2.45, 2.75) is 18.9 Å². The van der Waals surface area contributed by atoms with Gasteiger partial charge in [-0.1, -0.05) is 18.2 Å². The number of ether oxygens (including phenoxy) is 2. The van der Waals surface area contributed by atoms with Gasteiger partial charge in [-0.2, -0.15) is 0 Å². The average molecular weight is 281 g/mol. The second-order valence-corrected chi connectivity index (χ2v) is 5.33. The fraction of sp³-hybridized carbons (Fsp3) is 0.235. The number of carbonyl (C=O) groups excluding carboxylic acids is 1. The highest BCUT2D eigenvalue weighted by Gasteiger charge is 2.28. The van der Waals surface area contributed by atoms with Crippen molar-refractivity contribution in [3.8, 4) is 11.5 Å². The maximum absolute atomic E-state index is 12.3. The Kier molecular flexibility index (Phi) is 2.81. The fourth-order valence-electron chi connectivity index (χ4n) is 2.82. The molecule has 2 aliphatic rings. The van der Waals surface area contributed by atoms with E-state index in [2.05, 4.69) is 5.32 Å². The molecule has 1 unspecified atom stereocenters. The van der Waals surface area contributed by atoms with Crippen LogP contribution in [-0.2, 0) is 17.6 Å². The van der Waals surface area contributed by atoms with Crippen molar-refractivity contribution in [3.63, 3.8) is 0 Å². The molecule has 1 amide bonds. The maximum atomic E-state index is 12.3. The molecule has 2 aliphatic heterocycles. The molecule has 4 heteroatoms.